The Morgan fingerprint density at radius 1 is 1.42 bits per heavy atom. The van der Waals surface area contributed by atoms with Gasteiger partial charge < -0.3 is 20.4 Å². The fourth-order valence-corrected chi connectivity index (χ4v) is 2.32. The second kappa shape index (κ2) is 5.56. The molecule has 1 aliphatic heterocycles. The van der Waals surface area contributed by atoms with Crippen LogP contribution < -0.4 is 5.32 Å². The first-order chi connectivity index (χ1) is 9.02. The molecule has 0 aromatic carbocycles. The summed E-state index contributed by atoms with van der Waals surface area (Å²) in [4.78, 5) is 36.2. The summed E-state index contributed by atoms with van der Waals surface area (Å²) in [5.41, 5.74) is 0. The summed E-state index contributed by atoms with van der Waals surface area (Å²) in [6.45, 7) is 0.0653. The third-order valence-corrected chi connectivity index (χ3v) is 3.55. The highest BCUT2D eigenvalue weighted by Gasteiger charge is 2.42. The highest BCUT2D eigenvalue weighted by Crippen LogP contribution is 2.32. The monoisotopic (exact) mass is 270 g/mol. The van der Waals surface area contributed by atoms with Gasteiger partial charge in [-0.1, -0.05) is 0 Å². The Hall–Kier alpha value is -1.63. The number of amides is 2. The largest absolute Gasteiger partial charge is 0.480 e. The Labute approximate surface area is 110 Å². The number of carbonyl (C=O) groups excluding carboxylic acids is 2. The van der Waals surface area contributed by atoms with E-state index in [0.29, 0.717) is 6.54 Å². The van der Waals surface area contributed by atoms with E-state index >= 15 is 0 Å². The van der Waals surface area contributed by atoms with Crippen LogP contribution in [0.5, 0.6) is 0 Å². The van der Waals surface area contributed by atoms with E-state index in [0.717, 1.165) is 12.8 Å². The summed E-state index contributed by atoms with van der Waals surface area (Å²) in [6.07, 6.45) is 2.09. The average molecular weight is 270 g/mol. The first kappa shape index (κ1) is 13.8. The molecule has 19 heavy (non-hydrogen) atoms. The normalized spacial score (nSPS) is 24.4. The molecule has 2 atom stereocenters. The van der Waals surface area contributed by atoms with Crippen molar-refractivity contribution < 1.29 is 24.6 Å². The summed E-state index contributed by atoms with van der Waals surface area (Å²) in [6, 6.07) is -0.819. The zero-order valence-corrected chi connectivity index (χ0v) is 10.5. The molecule has 1 saturated heterocycles. The first-order valence-corrected chi connectivity index (χ1v) is 6.46. The second-order valence-corrected chi connectivity index (χ2v) is 5.09. The number of nitrogens with one attached hydrogen (secondary N) is 1. The number of carboxylic acid groups (broad SMARTS) is 1. The van der Waals surface area contributed by atoms with E-state index in [1.54, 1.807) is 4.90 Å². The van der Waals surface area contributed by atoms with Crippen LogP contribution in [0.4, 0.5) is 0 Å². The van der Waals surface area contributed by atoms with E-state index in [-0.39, 0.29) is 31.4 Å². The number of likely N-dealkylation sites (tertiary alicyclic amines) is 1. The van der Waals surface area contributed by atoms with Crippen LogP contribution >= 0.6 is 0 Å². The van der Waals surface area contributed by atoms with E-state index in [4.69, 9.17) is 10.2 Å². The van der Waals surface area contributed by atoms with Crippen LogP contribution in [0.3, 0.4) is 0 Å². The van der Waals surface area contributed by atoms with Gasteiger partial charge in [0.1, 0.15) is 6.04 Å². The van der Waals surface area contributed by atoms with Crippen molar-refractivity contribution in [1.82, 2.24) is 10.2 Å². The van der Waals surface area contributed by atoms with Gasteiger partial charge in [0.25, 0.3) is 0 Å². The summed E-state index contributed by atoms with van der Waals surface area (Å²) < 4.78 is 0. The van der Waals surface area contributed by atoms with Crippen molar-refractivity contribution in [1.29, 1.82) is 0 Å². The van der Waals surface area contributed by atoms with Crippen LogP contribution in [-0.4, -0.2) is 58.1 Å². The van der Waals surface area contributed by atoms with E-state index in [2.05, 4.69) is 5.32 Å². The molecule has 0 spiro atoms. The highest BCUT2D eigenvalue weighted by molar-refractivity contribution is 5.91. The van der Waals surface area contributed by atoms with E-state index in [1.165, 1.54) is 0 Å². The molecule has 0 radical (unpaired) electrons. The van der Waals surface area contributed by atoms with Gasteiger partial charge in [-0.2, -0.15) is 0 Å². The number of carboxylic acids is 1. The van der Waals surface area contributed by atoms with E-state index < -0.39 is 23.8 Å². The molecule has 0 aromatic rings. The Bertz CT molecular complexity index is 394. The van der Waals surface area contributed by atoms with Gasteiger partial charge in [0.05, 0.1) is 5.92 Å². The molecular formula is C12H18N2O5. The summed E-state index contributed by atoms with van der Waals surface area (Å²) in [5.74, 6) is -2.10. The lowest BCUT2D eigenvalue weighted by Crippen LogP contribution is -2.44. The summed E-state index contributed by atoms with van der Waals surface area (Å²) in [5, 5.41) is 20.0. The minimum Gasteiger partial charge on any atom is -0.480 e. The minimum absolute atomic E-state index is 0.0308. The molecule has 7 nitrogen and oxygen atoms in total. The van der Waals surface area contributed by atoms with Gasteiger partial charge >= 0.3 is 5.97 Å². The zero-order valence-electron chi connectivity index (χ0n) is 10.5. The lowest BCUT2D eigenvalue weighted by Gasteiger charge is -2.17. The fourth-order valence-electron chi connectivity index (χ4n) is 2.32. The number of aliphatic hydroxyl groups is 1. The molecule has 2 aliphatic rings. The molecular weight excluding hydrogens is 252 g/mol. The summed E-state index contributed by atoms with van der Waals surface area (Å²) >= 11 is 0. The molecule has 3 N–H and O–H groups in total. The van der Waals surface area contributed by atoms with Gasteiger partial charge in [0.15, 0.2) is 0 Å². The second-order valence-electron chi connectivity index (χ2n) is 5.09. The number of hydrogen-bond acceptors (Lipinski definition) is 4. The molecule has 2 unspecified atom stereocenters. The SMILES string of the molecule is O=C(NC(CCO)C(=O)O)C1CC(=O)N(C2CC2)C1. The summed E-state index contributed by atoms with van der Waals surface area (Å²) in [7, 11) is 0. The van der Waals surface area contributed by atoms with Crippen molar-refractivity contribution >= 4 is 17.8 Å². The lowest BCUT2D eigenvalue weighted by atomic mass is 10.1. The van der Waals surface area contributed by atoms with Gasteiger partial charge in [-0.15, -0.1) is 0 Å². The molecule has 7 heteroatoms. The molecule has 1 saturated carbocycles. The average Bonchev–Trinajstić information content (AvgIpc) is 3.11. The number of carbonyl (C=O) groups is 3. The molecule has 106 valence electrons. The third-order valence-electron chi connectivity index (χ3n) is 3.55. The number of aliphatic carboxylic acids is 1. The number of hydrogen-bond donors (Lipinski definition) is 3. The number of rotatable bonds is 6. The first-order valence-electron chi connectivity index (χ1n) is 6.46. The van der Waals surface area contributed by atoms with Crippen LogP contribution in [0.1, 0.15) is 25.7 Å². The van der Waals surface area contributed by atoms with E-state index in [9.17, 15) is 14.4 Å². The van der Waals surface area contributed by atoms with Crippen LogP contribution in [0.15, 0.2) is 0 Å². The predicted molar refractivity (Wildman–Crippen MR) is 64.1 cm³/mol. The van der Waals surface area contributed by atoms with E-state index in [1.807, 2.05) is 0 Å². The minimum atomic E-state index is -1.18. The molecule has 1 aliphatic carbocycles. The predicted octanol–water partition coefficient (Wildman–Crippen LogP) is -1.05. The maximum Gasteiger partial charge on any atom is 0.326 e. The van der Waals surface area contributed by atoms with Crippen molar-refractivity contribution in [2.24, 2.45) is 5.92 Å². The van der Waals surface area contributed by atoms with Crippen LogP contribution in [0.2, 0.25) is 0 Å². The number of aliphatic hydroxyl groups excluding tert-OH is 1. The van der Waals surface area contributed by atoms with Gasteiger partial charge in [0, 0.05) is 32.0 Å². The van der Waals surface area contributed by atoms with Crippen molar-refractivity contribution in [3.8, 4) is 0 Å². The Morgan fingerprint density at radius 3 is 2.63 bits per heavy atom. The van der Waals surface area contributed by atoms with Crippen molar-refractivity contribution in [3.05, 3.63) is 0 Å². The van der Waals surface area contributed by atoms with Gasteiger partial charge in [-0.25, -0.2) is 4.79 Å². The highest BCUT2D eigenvalue weighted by atomic mass is 16.4. The van der Waals surface area contributed by atoms with Crippen LogP contribution in [-0.2, 0) is 14.4 Å². The van der Waals surface area contributed by atoms with Crippen molar-refractivity contribution in [3.63, 3.8) is 0 Å². The van der Waals surface area contributed by atoms with Gasteiger partial charge in [0.2, 0.25) is 11.8 Å². The van der Waals surface area contributed by atoms with Crippen molar-refractivity contribution in [2.45, 2.75) is 37.8 Å². The van der Waals surface area contributed by atoms with Gasteiger partial charge in [-0.05, 0) is 12.8 Å². The molecule has 2 rings (SSSR count). The zero-order chi connectivity index (χ0) is 14.0. The smallest absolute Gasteiger partial charge is 0.326 e. The fraction of sp³-hybridized carbons (Fsp3) is 0.750. The molecule has 0 bridgehead atoms. The van der Waals surface area contributed by atoms with Crippen LogP contribution in [0, 0.1) is 5.92 Å². The Kier molecular flexibility index (Phi) is 4.04. The van der Waals surface area contributed by atoms with Crippen LogP contribution in [0.25, 0.3) is 0 Å². The molecule has 2 fully saturated rings. The lowest BCUT2D eigenvalue weighted by molar-refractivity contribution is -0.142. The third kappa shape index (κ3) is 3.23. The van der Waals surface area contributed by atoms with Crippen molar-refractivity contribution in [2.75, 3.05) is 13.2 Å². The Morgan fingerprint density at radius 2 is 2.11 bits per heavy atom. The topological polar surface area (TPSA) is 107 Å². The molecule has 1 heterocycles. The van der Waals surface area contributed by atoms with Gasteiger partial charge in [-0.3, -0.25) is 9.59 Å². The quantitative estimate of drug-likeness (QED) is 0.571. The Balaban J connectivity index is 1.89. The number of nitrogens with zero attached hydrogens (tertiary/aromatic N) is 1. The molecule has 2 amide bonds. The maximum atomic E-state index is 11.9. The standard InChI is InChI=1S/C12H18N2O5/c15-4-3-9(12(18)19)13-11(17)7-5-10(16)14(6-7)8-1-2-8/h7-9,15H,1-6H2,(H,13,17)(H,18,19). The maximum absolute atomic E-state index is 11.9. The molecule has 0 aromatic heterocycles.